The average Bonchev–Trinajstić information content (AvgIpc) is 2.99. The summed E-state index contributed by atoms with van der Waals surface area (Å²) in [5.74, 6) is -2.14. The zero-order valence-corrected chi connectivity index (χ0v) is 12.7. The number of carbonyl (C=O) groups excluding carboxylic acids is 1. The number of aromatic nitrogens is 1. The molecule has 3 aromatic rings. The van der Waals surface area contributed by atoms with Crippen molar-refractivity contribution in [3.63, 3.8) is 0 Å². The summed E-state index contributed by atoms with van der Waals surface area (Å²) in [5.41, 5.74) is 0.515. The van der Waals surface area contributed by atoms with Gasteiger partial charge in [-0.2, -0.15) is 4.99 Å². The van der Waals surface area contributed by atoms with Crippen molar-refractivity contribution in [1.82, 2.24) is 4.98 Å². The molecule has 0 bridgehead atoms. The number of carboxylic acid groups (broad SMARTS) is 1. The van der Waals surface area contributed by atoms with E-state index in [1.807, 2.05) is 0 Å². The lowest BCUT2D eigenvalue weighted by molar-refractivity contribution is -0.138. The summed E-state index contributed by atoms with van der Waals surface area (Å²) in [6.07, 6.45) is 2.57. The van der Waals surface area contributed by atoms with Gasteiger partial charge < -0.3 is 10.2 Å². The minimum atomic E-state index is -1.62. The number of hydrogen-bond acceptors (Lipinski definition) is 6. The van der Waals surface area contributed by atoms with Gasteiger partial charge in [0.05, 0.1) is 4.70 Å². The smallest absolute Gasteiger partial charge is 0.335 e. The first kappa shape index (κ1) is 15.8. The number of aliphatic carboxylic acids is 1. The van der Waals surface area contributed by atoms with Crippen LogP contribution >= 0.6 is 11.3 Å². The maximum Gasteiger partial charge on any atom is 0.335 e. The van der Waals surface area contributed by atoms with Crippen LogP contribution in [-0.4, -0.2) is 27.2 Å². The average molecular weight is 344 g/mol. The fourth-order valence-corrected chi connectivity index (χ4v) is 3.29. The monoisotopic (exact) mass is 344 g/mol. The van der Waals surface area contributed by atoms with E-state index in [9.17, 15) is 19.1 Å². The van der Waals surface area contributed by atoms with Crippen LogP contribution in [0.2, 0.25) is 0 Å². The van der Waals surface area contributed by atoms with E-state index in [2.05, 4.69) is 9.98 Å². The number of isocyanates is 1. The standard InChI is InChI=1S/C16H9FN2O4S/c17-9-3-1-8(2-4-9)11-5-10-12(24-11)6-18-13(15(10)21)14(16(22)23)19-7-20/h1-6,14,21H,(H,22,23). The summed E-state index contributed by atoms with van der Waals surface area (Å²) in [4.78, 5) is 29.4. The predicted octanol–water partition coefficient (Wildman–Crippen LogP) is 3.27. The number of halogens is 1. The fraction of sp³-hybridized carbons (Fsp3) is 0.0625. The molecule has 0 spiro atoms. The highest BCUT2D eigenvalue weighted by Crippen LogP contribution is 2.40. The molecule has 1 atom stereocenters. The molecule has 3 rings (SSSR count). The number of pyridine rings is 1. The highest BCUT2D eigenvalue weighted by atomic mass is 32.1. The van der Waals surface area contributed by atoms with Gasteiger partial charge in [0.25, 0.3) is 0 Å². The molecule has 0 amide bonds. The Bertz CT molecular complexity index is 976. The van der Waals surface area contributed by atoms with E-state index in [0.29, 0.717) is 10.1 Å². The lowest BCUT2D eigenvalue weighted by Crippen LogP contribution is -2.10. The molecule has 0 fully saturated rings. The van der Waals surface area contributed by atoms with Crippen molar-refractivity contribution in [2.24, 2.45) is 4.99 Å². The molecule has 1 unspecified atom stereocenters. The Balaban J connectivity index is 2.14. The molecule has 2 heterocycles. The van der Waals surface area contributed by atoms with Gasteiger partial charge in [-0.1, -0.05) is 12.1 Å². The first-order valence-corrected chi connectivity index (χ1v) is 7.50. The van der Waals surface area contributed by atoms with Crippen LogP contribution in [0.1, 0.15) is 11.7 Å². The number of hydrogen-bond donors (Lipinski definition) is 2. The fourth-order valence-electron chi connectivity index (χ4n) is 2.26. The summed E-state index contributed by atoms with van der Waals surface area (Å²) in [5, 5.41) is 19.8. The van der Waals surface area contributed by atoms with Crippen LogP contribution in [0.3, 0.4) is 0 Å². The van der Waals surface area contributed by atoms with Gasteiger partial charge in [0.15, 0.2) is 0 Å². The second kappa shape index (κ2) is 6.19. The minimum absolute atomic E-state index is 0.234. The second-order valence-electron chi connectivity index (χ2n) is 4.85. The molecule has 0 saturated carbocycles. The minimum Gasteiger partial charge on any atom is -0.505 e. The molecule has 0 aliphatic rings. The molecule has 120 valence electrons. The third kappa shape index (κ3) is 2.76. The van der Waals surface area contributed by atoms with E-state index in [1.165, 1.54) is 35.7 Å². The van der Waals surface area contributed by atoms with Crippen molar-refractivity contribution >= 4 is 33.5 Å². The van der Waals surface area contributed by atoms with Crippen molar-refractivity contribution in [2.45, 2.75) is 6.04 Å². The Kier molecular flexibility index (Phi) is 4.07. The van der Waals surface area contributed by atoms with Crippen molar-refractivity contribution in [3.05, 3.63) is 48.0 Å². The SMILES string of the molecule is O=C=NC(C(=O)O)c1ncc2sc(-c3ccc(F)cc3)cc2c1O. The second-order valence-corrected chi connectivity index (χ2v) is 5.93. The predicted molar refractivity (Wildman–Crippen MR) is 85.2 cm³/mol. The summed E-state index contributed by atoms with van der Waals surface area (Å²) in [6, 6.07) is 5.87. The molecule has 0 saturated heterocycles. The zero-order chi connectivity index (χ0) is 17.3. The Morgan fingerprint density at radius 1 is 1.33 bits per heavy atom. The molecular formula is C16H9FN2O4S. The van der Waals surface area contributed by atoms with Crippen LogP contribution in [0.15, 0.2) is 41.5 Å². The summed E-state index contributed by atoms with van der Waals surface area (Å²) < 4.78 is 13.6. The topological polar surface area (TPSA) is 99.9 Å². The van der Waals surface area contributed by atoms with Crippen LogP contribution in [-0.2, 0) is 9.59 Å². The van der Waals surface area contributed by atoms with Gasteiger partial charge in [-0.25, -0.2) is 14.0 Å². The number of thiophene rings is 1. The Morgan fingerprint density at radius 3 is 2.67 bits per heavy atom. The maximum absolute atomic E-state index is 13.0. The molecule has 2 aromatic heterocycles. The van der Waals surface area contributed by atoms with Crippen molar-refractivity contribution < 1.29 is 24.2 Å². The van der Waals surface area contributed by atoms with E-state index in [0.717, 1.165) is 10.4 Å². The van der Waals surface area contributed by atoms with Gasteiger partial charge >= 0.3 is 5.97 Å². The van der Waals surface area contributed by atoms with Crippen LogP contribution in [0.4, 0.5) is 4.39 Å². The van der Waals surface area contributed by atoms with Crippen molar-refractivity contribution in [1.29, 1.82) is 0 Å². The zero-order valence-electron chi connectivity index (χ0n) is 11.9. The van der Waals surface area contributed by atoms with E-state index in [-0.39, 0.29) is 17.3 Å². The number of benzene rings is 1. The van der Waals surface area contributed by atoms with Crippen LogP contribution in [0.25, 0.3) is 20.5 Å². The summed E-state index contributed by atoms with van der Waals surface area (Å²) in [6.45, 7) is 0. The molecule has 6 nitrogen and oxygen atoms in total. The molecule has 1 aromatic carbocycles. The highest BCUT2D eigenvalue weighted by Gasteiger charge is 2.26. The van der Waals surface area contributed by atoms with Gasteiger partial charge in [0.1, 0.15) is 17.3 Å². The van der Waals surface area contributed by atoms with Gasteiger partial charge in [-0.15, -0.1) is 11.3 Å². The van der Waals surface area contributed by atoms with Crippen LogP contribution < -0.4 is 0 Å². The van der Waals surface area contributed by atoms with E-state index >= 15 is 0 Å². The Hall–Kier alpha value is -3.09. The number of nitrogens with zero attached hydrogens (tertiary/aromatic N) is 2. The van der Waals surface area contributed by atoms with Gasteiger partial charge in [0.2, 0.25) is 12.1 Å². The summed E-state index contributed by atoms with van der Waals surface area (Å²) in [7, 11) is 0. The van der Waals surface area contributed by atoms with E-state index in [4.69, 9.17) is 5.11 Å². The Morgan fingerprint density at radius 2 is 2.04 bits per heavy atom. The van der Waals surface area contributed by atoms with Crippen molar-refractivity contribution in [2.75, 3.05) is 0 Å². The molecular weight excluding hydrogens is 335 g/mol. The number of carboxylic acids is 1. The molecule has 0 aliphatic heterocycles. The lowest BCUT2D eigenvalue weighted by atomic mass is 10.1. The van der Waals surface area contributed by atoms with Crippen LogP contribution in [0, 0.1) is 5.82 Å². The quantitative estimate of drug-likeness (QED) is 0.559. The molecule has 24 heavy (non-hydrogen) atoms. The number of aromatic hydroxyl groups is 1. The van der Waals surface area contributed by atoms with Crippen LogP contribution in [0.5, 0.6) is 5.75 Å². The molecule has 0 aliphatic carbocycles. The number of rotatable bonds is 4. The highest BCUT2D eigenvalue weighted by molar-refractivity contribution is 7.22. The molecule has 2 N–H and O–H groups in total. The molecule has 8 heteroatoms. The van der Waals surface area contributed by atoms with Gasteiger partial charge in [-0.05, 0) is 23.8 Å². The largest absolute Gasteiger partial charge is 0.505 e. The third-order valence-corrected chi connectivity index (χ3v) is 4.50. The van der Waals surface area contributed by atoms with E-state index < -0.39 is 12.0 Å². The van der Waals surface area contributed by atoms with Gasteiger partial charge in [-0.3, -0.25) is 4.98 Å². The number of carbonyl (C=O) groups is 1. The van der Waals surface area contributed by atoms with Crippen molar-refractivity contribution in [3.8, 4) is 16.2 Å². The number of fused-ring (bicyclic) bond motifs is 1. The van der Waals surface area contributed by atoms with Gasteiger partial charge in [0, 0.05) is 16.5 Å². The maximum atomic E-state index is 13.0. The first-order valence-electron chi connectivity index (χ1n) is 6.68. The Labute approximate surface area is 138 Å². The first-order chi connectivity index (χ1) is 11.5. The molecule has 0 radical (unpaired) electrons. The number of aliphatic imine (C=N–C) groups is 1. The lowest BCUT2D eigenvalue weighted by Gasteiger charge is -2.07. The van der Waals surface area contributed by atoms with E-state index in [1.54, 1.807) is 18.2 Å². The normalized spacial score (nSPS) is 11.9. The summed E-state index contributed by atoms with van der Waals surface area (Å²) >= 11 is 1.31. The third-order valence-electron chi connectivity index (χ3n) is 3.38.